The van der Waals surface area contributed by atoms with E-state index in [9.17, 15) is 0 Å². The van der Waals surface area contributed by atoms with Crippen molar-refractivity contribution in [3.8, 4) is 0 Å². The van der Waals surface area contributed by atoms with Gasteiger partial charge in [-0.25, -0.2) is 0 Å². The van der Waals surface area contributed by atoms with Gasteiger partial charge in [0, 0.05) is 52.4 Å². The Morgan fingerprint density at radius 2 is 1.62 bits per heavy atom. The third-order valence-corrected chi connectivity index (χ3v) is 4.66. The summed E-state index contributed by atoms with van der Waals surface area (Å²) in [5.41, 5.74) is 0. The fourth-order valence-corrected chi connectivity index (χ4v) is 2.68. The van der Waals surface area contributed by atoms with Crippen molar-refractivity contribution in [3.63, 3.8) is 0 Å². The van der Waals surface area contributed by atoms with Gasteiger partial charge in [-0.05, 0) is 19.9 Å². The second-order valence-corrected chi connectivity index (χ2v) is 6.20. The fourth-order valence-electron chi connectivity index (χ4n) is 2.68. The van der Waals surface area contributed by atoms with E-state index < -0.39 is 0 Å². The van der Waals surface area contributed by atoms with E-state index >= 15 is 0 Å². The minimum Gasteiger partial charge on any atom is -0.356 e. The molecule has 5 nitrogen and oxygen atoms in total. The summed E-state index contributed by atoms with van der Waals surface area (Å²) in [6.45, 7) is 13.4. The van der Waals surface area contributed by atoms with E-state index in [1.165, 1.54) is 39.0 Å². The summed E-state index contributed by atoms with van der Waals surface area (Å²) >= 11 is 0. The molecule has 1 unspecified atom stereocenters. The highest BCUT2D eigenvalue weighted by atomic mass is 15.3. The van der Waals surface area contributed by atoms with E-state index in [2.05, 4.69) is 53.2 Å². The summed E-state index contributed by atoms with van der Waals surface area (Å²) < 4.78 is 0. The number of hydrogen-bond donors (Lipinski definition) is 2. The van der Waals surface area contributed by atoms with E-state index in [1.807, 2.05) is 7.05 Å². The van der Waals surface area contributed by atoms with Gasteiger partial charge in [0.1, 0.15) is 0 Å². The van der Waals surface area contributed by atoms with Gasteiger partial charge in [0.25, 0.3) is 0 Å². The Kier molecular flexibility index (Phi) is 8.69. The van der Waals surface area contributed by atoms with Gasteiger partial charge in [-0.1, -0.05) is 26.7 Å². The highest BCUT2D eigenvalue weighted by Gasteiger charge is 2.19. The molecule has 1 aliphatic rings. The molecule has 21 heavy (non-hydrogen) atoms. The number of nitrogens with zero attached hydrogens (tertiary/aromatic N) is 3. The number of likely N-dealkylation sites (N-methyl/N-ethyl adjacent to an activating group) is 1. The van der Waals surface area contributed by atoms with Gasteiger partial charge in [-0.2, -0.15) is 0 Å². The Labute approximate surface area is 131 Å². The zero-order chi connectivity index (χ0) is 15.7. The lowest BCUT2D eigenvalue weighted by atomic mass is 10.0. The molecule has 0 bridgehead atoms. The van der Waals surface area contributed by atoms with Crippen LogP contribution >= 0.6 is 0 Å². The van der Waals surface area contributed by atoms with Crippen LogP contribution in [0, 0.1) is 5.92 Å². The average Bonchev–Trinajstić information content (AvgIpc) is 2.51. The van der Waals surface area contributed by atoms with Crippen LogP contribution in [0.4, 0.5) is 0 Å². The SMILES string of the molecule is CCC(CC)CNC(=NC)NCC(C)N1CCN(C)CC1. The Hall–Kier alpha value is -0.810. The minimum atomic E-state index is 0.547. The van der Waals surface area contributed by atoms with E-state index in [1.54, 1.807) is 0 Å². The monoisotopic (exact) mass is 297 g/mol. The first-order chi connectivity index (χ1) is 10.1. The quantitative estimate of drug-likeness (QED) is 0.548. The molecular formula is C16H35N5. The van der Waals surface area contributed by atoms with Crippen LogP contribution in [0.2, 0.25) is 0 Å². The minimum absolute atomic E-state index is 0.547. The van der Waals surface area contributed by atoms with Gasteiger partial charge in [0.2, 0.25) is 0 Å². The summed E-state index contributed by atoms with van der Waals surface area (Å²) in [6, 6.07) is 0.547. The second kappa shape index (κ2) is 10.0. The largest absolute Gasteiger partial charge is 0.356 e. The molecule has 124 valence electrons. The highest BCUT2D eigenvalue weighted by Crippen LogP contribution is 2.05. The maximum Gasteiger partial charge on any atom is 0.191 e. The zero-order valence-corrected chi connectivity index (χ0v) is 14.7. The molecule has 1 heterocycles. The van der Waals surface area contributed by atoms with Crippen LogP contribution in [0.15, 0.2) is 4.99 Å². The second-order valence-electron chi connectivity index (χ2n) is 6.20. The Morgan fingerprint density at radius 1 is 1.05 bits per heavy atom. The first-order valence-corrected chi connectivity index (χ1v) is 8.47. The number of hydrogen-bond acceptors (Lipinski definition) is 3. The standard InChI is InChI=1S/C16H35N5/c1-6-15(7-2)13-19-16(17-4)18-12-14(3)21-10-8-20(5)9-11-21/h14-15H,6-13H2,1-5H3,(H2,17,18,19). The van der Waals surface area contributed by atoms with Crippen molar-refractivity contribution in [1.29, 1.82) is 0 Å². The molecule has 0 aromatic rings. The molecule has 2 N–H and O–H groups in total. The van der Waals surface area contributed by atoms with Crippen LogP contribution < -0.4 is 10.6 Å². The molecule has 1 aliphatic heterocycles. The summed E-state index contributed by atoms with van der Waals surface area (Å²) in [5, 5.41) is 6.91. The van der Waals surface area contributed by atoms with Gasteiger partial charge >= 0.3 is 0 Å². The number of piperazine rings is 1. The third kappa shape index (κ3) is 6.66. The average molecular weight is 297 g/mol. The van der Waals surface area contributed by atoms with Crippen molar-refractivity contribution < 1.29 is 0 Å². The van der Waals surface area contributed by atoms with Crippen LogP contribution in [0.1, 0.15) is 33.6 Å². The third-order valence-electron chi connectivity index (χ3n) is 4.66. The van der Waals surface area contributed by atoms with Crippen molar-refractivity contribution in [1.82, 2.24) is 20.4 Å². The van der Waals surface area contributed by atoms with Crippen molar-refractivity contribution in [2.75, 3.05) is 53.4 Å². The van der Waals surface area contributed by atoms with Crippen LogP contribution in [0.3, 0.4) is 0 Å². The van der Waals surface area contributed by atoms with Gasteiger partial charge in [0.15, 0.2) is 5.96 Å². The number of aliphatic imine (C=N–C) groups is 1. The lowest BCUT2D eigenvalue weighted by Crippen LogP contribution is -2.52. The van der Waals surface area contributed by atoms with Gasteiger partial charge < -0.3 is 15.5 Å². The lowest BCUT2D eigenvalue weighted by molar-refractivity contribution is 0.120. The Bertz CT molecular complexity index is 293. The summed E-state index contributed by atoms with van der Waals surface area (Å²) in [4.78, 5) is 9.28. The summed E-state index contributed by atoms with van der Waals surface area (Å²) in [6.07, 6.45) is 2.44. The summed E-state index contributed by atoms with van der Waals surface area (Å²) in [7, 11) is 4.05. The predicted octanol–water partition coefficient (Wildman–Crippen LogP) is 1.22. The molecule has 0 aromatic heterocycles. The fraction of sp³-hybridized carbons (Fsp3) is 0.938. The van der Waals surface area contributed by atoms with Gasteiger partial charge in [-0.15, -0.1) is 0 Å². The molecule has 0 radical (unpaired) electrons. The number of nitrogens with one attached hydrogen (secondary N) is 2. The Balaban J connectivity index is 2.27. The van der Waals surface area contributed by atoms with Crippen molar-refractivity contribution in [3.05, 3.63) is 0 Å². The molecule has 0 saturated carbocycles. The molecule has 1 fully saturated rings. The van der Waals surface area contributed by atoms with E-state index in [0.29, 0.717) is 6.04 Å². The van der Waals surface area contributed by atoms with Gasteiger partial charge in [-0.3, -0.25) is 9.89 Å². The molecule has 0 spiro atoms. The topological polar surface area (TPSA) is 42.9 Å². The van der Waals surface area contributed by atoms with E-state index in [0.717, 1.165) is 25.0 Å². The molecule has 0 amide bonds. The molecule has 1 rings (SSSR count). The van der Waals surface area contributed by atoms with Crippen LogP contribution in [-0.4, -0.2) is 75.2 Å². The van der Waals surface area contributed by atoms with Crippen LogP contribution in [-0.2, 0) is 0 Å². The van der Waals surface area contributed by atoms with Gasteiger partial charge in [0.05, 0.1) is 0 Å². The van der Waals surface area contributed by atoms with E-state index in [4.69, 9.17) is 0 Å². The van der Waals surface area contributed by atoms with Crippen molar-refractivity contribution in [2.45, 2.75) is 39.7 Å². The summed E-state index contributed by atoms with van der Waals surface area (Å²) in [5.74, 6) is 1.67. The van der Waals surface area contributed by atoms with Crippen LogP contribution in [0.5, 0.6) is 0 Å². The first kappa shape index (κ1) is 18.2. The van der Waals surface area contributed by atoms with Crippen molar-refractivity contribution >= 4 is 5.96 Å². The molecule has 1 atom stereocenters. The lowest BCUT2D eigenvalue weighted by Gasteiger charge is -2.36. The van der Waals surface area contributed by atoms with E-state index in [-0.39, 0.29) is 0 Å². The Morgan fingerprint density at radius 3 is 2.14 bits per heavy atom. The number of guanidine groups is 1. The molecule has 5 heteroatoms. The highest BCUT2D eigenvalue weighted by molar-refractivity contribution is 5.79. The molecule has 0 aliphatic carbocycles. The zero-order valence-electron chi connectivity index (χ0n) is 14.7. The van der Waals surface area contributed by atoms with Crippen molar-refractivity contribution in [2.24, 2.45) is 10.9 Å². The maximum absolute atomic E-state index is 4.33. The maximum atomic E-state index is 4.33. The normalized spacial score (nSPS) is 19.8. The smallest absolute Gasteiger partial charge is 0.191 e. The predicted molar refractivity (Wildman–Crippen MR) is 92.0 cm³/mol. The first-order valence-electron chi connectivity index (χ1n) is 8.47. The molecular weight excluding hydrogens is 262 g/mol. The molecule has 1 saturated heterocycles. The van der Waals surface area contributed by atoms with Crippen LogP contribution in [0.25, 0.3) is 0 Å². The number of rotatable bonds is 7. The molecule has 0 aromatic carbocycles.